The lowest BCUT2D eigenvalue weighted by molar-refractivity contribution is -0.121. The molecule has 0 saturated heterocycles. The van der Waals surface area contributed by atoms with Crippen LogP contribution in [0.25, 0.3) is 0 Å². The predicted molar refractivity (Wildman–Crippen MR) is 76.9 cm³/mol. The molecule has 0 spiro atoms. The van der Waals surface area contributed by atoms with Crippen molar-refractivity contribution in [3.05, 3.63) is 35.9 Å². The minimum atomic E-state index is 0.0834. The summed E-state index contributed by atoms with van der Waals surface area (Å²) in [5, 5.41) is 2.83. The minimum Gasteiger partial charge on any atom is -0.381 e. The second-order valence-corrected chi connectivity index (χ2v) is 4.44. The molecule has 106 valence electrons. The van der Waals surface area contributed by atoms with Gasteiger partial charge in [0.05, 0.1) is 6.61 Å². The number of nitrogens with one attached hydrogen (secondary N) is 1. The van der Waals surface area contributed by atoms with Crippen molar-refractivity contribution in [3.63, 3.8) is 0 Å². The largest absolute Gasteiger partial charge is 0.381 e. The first kappa shape index (κ1) is 15.7. The Morgan fingerprint density at radius 3 is 2.68 bits per heavy atom. The van der Waals surface area contributed by atoms with E-state index in [4.69, 9.17) is 10.5 Å². The maximum Gasteiger partial charge on any atom is 0.220 e. The van der Waals surface area contributed by atoms with Crippen molar-refractivity contribution in [3.8, 4) is 0 Å². The molecule has 0 heterocycles. The van der Waals surface area contributed by atoms with E-state index in [1.54, 1.807) is 0 Å². The lowest BCUT2D eigenvalue weighted by Crippen LogP contribution is -2.25. The first-order chi connectivity index (χ1) is 9.33. The van der Waals surface area contributed by atoms with Crippen LogP contribution in [0, 0.1) is 0 Å². The van der Waals surface area contributed by atoms with E-state index in [1.807, 2.05) is 18.2 Å². The Labute approximate surface area is 115 Å². The van der Waals surface area contributed by atoms with Gasteiger partial charge < -0.3 is 15.8 Å². The highest BCUT2D eigenvalue weighted by molar-refractivity contribution is 5.75. The quantitative estimate of drug-likeness (QED) is 0.629. The van der Waals surface area contributed by atoms with Crippen LogP contribution in [-0.2, 0) is 16.0 Å². The molecule has 1 aromatic rings. The van der Waals surface area contributed by atoms with Gasteiger partial charge >= 0.3 is 0 Å². The molecule has 0 unspecified atom stereocenters. The third kappa shape index (κ3) is 8.35. The summed E-state index contributed by atoms with van der Waals surface area (Å²) in [5.41, 5.74) is 6.63. The lowest BCUT2D eigenvalue weighted by Gasteiger charge is -2.05. The Balaban J connectivity index is 1.92. The molecule has 1 rings (SSSR count). The number of hydrogen-bond donors (Lipinski definition) is 2. The minimum absolute atomic E-state index is 0.0834. The van der Waals surface area contributed by atoms with Gasteiger partial charge in [-0.1, -0.05) is 30.3 Å². The summed E-state index contributed by atoms with van der Waals surface area (Å²) in [6, 6.07) is 10.2. The second kappa shape index (κ2) is 10.5. The number of rotatable bonds is 10. The van der Waals surface area contributed by atoms with Gasteiger partial charge in [-0.3, -0.25) is 4.79 Å². The Morgan fingerprint density at radius 1 is 1.16 bits per heavy atom. The van der Waals surface area contributed by atoms with Gasteiger partial charge in [0.25, 0.3) is 0 Å². The van der Waals surface area contributed by atoms with Gasteiger partial charge in [0.2, 0.25) is 5.91 Å². The van der Waals surface area contributed by atoms with Crippen LogP contribution in [0.3, 0.4) is 0 Å². The molecule has 19 heavy (non-hydrogen) atoms. The maximum absolute atomic E-state index is 11.4. The van der Waals surface area contributed by atoms with Crippen LogP contribution in [0.1, 0.15) is 24.8 Å². The summed E-state index contributed by atoms with van der Waals surface area (Å²) in [7, 11) is 0. The summed E-state index contributed by atoms with van der Waals surface area (Å²) in [6.07, 6.45) is 3.04. The Morgan fingerprint density at radius 2 is 1.95 bits per heavy atom. The van der Waals surface area contributed by atoms with Crippen molar-refractivity contribution >= 4 is 5.91 Å². The van der Waals surface area contributed by atoms with Crippen molar-refractivity contribution in [1.29, 1.82) is 0 Å². The van der Waals surface area contributed by atoms with Crippen molar-refractivity contribution in [1.82, 2.24) is 5.32 Å². The van der Waals surface area contributed by atoms with Gasteiger partial charge in [-0.05, 0) is 31.4 Å². The SMILES string of the molecule is NCCCNC(=O)CCCOCCc1ccccc1. The van der Waals surface area contributed by atoms with Crippen molar-refractivity contribution in [2.45, 2.75) is 25.7 Å². The fourth-order valence-electron chi connectivity index (χ4n) is 1.69. The summed E-state index contributed by atoms with van der Waals surface area (Å²) in [6.45, 7) is 2.63. The van der Waals surface area contributed by atoms with Crippen LogP contribution in [0.4, 0.5) is 0 Å². The Hall–Kier alpha value is -1.39. The third-order valence-corrected chi connectivity index (χ3v) is 2.77. The zero-order chi connectivity index (χ0) is 13.8. The normalized spacial score (nSPS) is 10.4. The van der Waals surface area contributed by atoms with E-state index in [0.717, 1.165) is 19.3 Å². The number of hydrogen-bond acceptors (Lipinski definition) is 3. The molecule has 0 atom stereocenters. The van der Waals surface area contributed by atoms with Gasteiger partial charge in [0.1, 0.15) is 0 Å². The van der Waals surface area contributed by atoms with Gasteiger partial charge in [0, 0.05) is 19.6 Å². The van der Waals surface area contributed by atoms with E-state index < -0.39 is 0 Å². The number of amides is 1. The third-order valence-electron chi connectivity index (χ3n) is 2.77. The molecule has 4 heteroatoms. The number of nitrogens with two attached hydrogens (primary N) is 1. The molecular formula is C15H24N2O2. The molecule has 0 saturated carbocycles. The number of carbonyl (C=O) groups excluding carboxylic acids is 1. The predicted octanol–water partition coefficient (Wildman–Crippen LogP) is 1.49. The molecule has 1 aromatic carbocycles. The van der Waals surface area contributed by atoms with Crippen LogP contribution >= 0.6 is 0 Å². The molecule has 0 aliphatic heterocycles. The van der Waals surface area contributed by atoms with Gasteiger partial charge in [0.15, 0.2) is 0 Å². The summed E-state index contributed by atoms with van der Waals surface area (Å²) < 4.78 is 5.51. The van der Waals surface area contributed by atoms with Crippen LogP contribution in [0.15, 0.2) is 30.3 Å². The lowest BCUT2D eigenvalue weighted by atomic mass is 10.2. The maximum atomic E-state index is 11.4. The first-order valence-corrected chi connectivity index (χ1v) is 6.91. The fraction of sp³-hybridized carbons (Fsp3) is 0.533. The monoisotopic (exact) mass is 264 g/mol. The van der Waals surface area contributed by atoms with E-state index in [9.17, 15) is 4.79 Å². The Bertz CT molecular complexity index is 341. The van der Waals surface area contributed by atoms with Gasteiger partial charge in [-0.25, -0.2) is 0 Å². The summed E-state index contributed by atoms with van der Waals surface area (Å²) >= 11 is 0. The average molecular weight is 264 g/mol. The number of carbonyl (C=O) groups is 1. The molecular weight excluding hydrogens is 240 g/mol. The molecule has 0 aliphatic carbocycles. The van der Waals surface area contributed by atoms with Crippen LogP contribution in [-0.4, -0.2) is 32.2 Å². The van der Waals surface area contributed by atoms with Crippen molar-refractivity contribution in [2.75, 3.05) is 26.3 Å². The highest BCUT2D eigenvalue weighted by Gasteiger charge is 2.00. The van der Waals surface area contributed by atoms with E-state index in [0.29, 0.717) is 32.7 Å². The topological polar surface area (TPSA) is 64.3 Å². The zero-order valence-electron chi connectivity index (χ0n) is 11.4. The molecule has 1 amide bonds. The molecule has 0 aromatic heterocycles. The molecule has 0 aliphatic rings. The van der Waals surface area contributed by atoms with Gasteiger partial charge in [-0.15, -0.1) is 0 Å². The number of ether oxygens (including phenoxy) is 1. The second-order valence-electron chi connectivity index (χ2n) is 4.44. The van der Waals surface area contributed by atoms with E-state index in [2.05, 4.69) is 17.4 Å². The standard InChI is InChI=1S/C15H24N2O2/c16-10-5-11-17-15(18)8-4-12-19-13-9-14-6-2-1-3-7-14/h1-3,6-7H,4-5,8-13,16H2,(H,17,18). The van der Waals surface area contributed by atoms with Crippen LogP contribution in [0.2, 0.25) is 0 Å². The smallest absolute Gasteiger partial charge is 0.220 e. The molecule has 4 nitrogen and oxygen atoms in total. The molecule has 0 bridgehead atoms. The van der Waals surface area contributed by atoms with Crippen molar-refractivity contribution < 1.29 is 9.53 Å². The summed E-state index contributed by atoms with van der Waals surface area (Å²) in [5.74, 6) is 0.0834. The highest BCUT2D eigenvalue weighted by Crippen LogP contribution is 2.00. The van der Waals surface area contributed by atoms with Crippen LogP contribution < -0.4 is 11.1 Å². The van der Waals surface area contributed by atoms with Crippen molar-refractivity contribution in [2.24, 2.45) is 5.73 Å². The highest BCUT2D eigenvalue weighted by atomic mass is 16.5. The Kier molecular flexibility index (Phi) is 8.68. The van der Waals surface area contributed by atoms with E-state index >= 15 is 0 Å². The van der Waals surface area contributed by atoms with Crippen LogP contribution in [0.5, 0.6) is 0 Å². The first-order valence-electron chi connectivity index (χ1n) is 6.91. The average Bonchev–Trinajstić information content (AvgIpc) is 2.44. The van der Waals surface area contributed by atoms with Gasteiger partial charge in [-0.2, -0.15) is 0 Å². The molecule has 0 fully saturated rings. The fourth-order valence-corrected chi connectivity index (χ4v) is 1.69. The number of benzene rings is 1. The summed E-state index contributed by atoms with van der Waals surface area (Å²) in [4.78, 5) is 11.4. The molecule has 3 N–H and O–H groups in total. The van der Waals surface area contributed by atoms with E-state index in [-0.39, 0.29) is 5.91 Å². The molecule has 0 radical (unpaired) electrons. The zero-order valence-corrected chi connectivity index (χ0v) is 11.4. The van der Waals surface area contributed by atoms with E-state index in [1.165, 1.54) is 5.56 Å².